The molecule has 0 saturated carbocycles. The number of esters is 1. The van der Waals surface area contributed by atoms with Crippen molar-refractivity contribution in [2.45, 2.75) is 13.8 Å². The first-order valence-corrected chi connectivity index (χ1v) is 9.09. The molecule has 0 saturated heterocycles. The molecule has 2 aromatic carbocycles. The molecule has 3 aromatic rings. The smallest absolute Gasteiger partial charge is 0.337 e. The van der Waals surface area contributed by atoms with Gasteiger partial charge in [-0.25, -0.2) is 13.7 Å². The number of aryl methyl sites for hydroxylation is 2. The van der Waals surface area contributed by atoms with Crippen LogP contribution < -0.4 is 10.8 Å². The molecule has 1 heterocycles. The third-order valence-corrected chi connectivity index (χ3v) is 4.78. The number of nitrogens with zero attached hydrogens (tertiary/aromatic N) is 2. The number of methoxy groups -OCH3 is 1. The Bertz CT molecular complexity index is 1030. The van der Waals surface area contributed by atoms with Gasteiger partial charge in [0, 0.05) is 10.6 Å². The standard InChI is InChI=1S/C20H20N4O2S/c1-13-4-8-16(9-5-13)22-20(24-18(21)12-14(2)27-24)23-17-10-6-15(7-11-17)19(25)26-3/h4-12,21H,1-3H3,(H,22,23). The second-order valence-electron chi connectivity index (χ2n) is 5.99. The van der Waals surface area contributed by atoms with Crippen LogP contribution in [-0.4, -0.2) is 23.0 Å². The number of hydrogen-bond acceptors (Lipinski definition) is 5. The average Bonchev–Trinajstić information content (AvgIpc) is 3.01. The summed E-state index contributed by atoms with van der Waals surface area (Å²) in [4.78, 5) is 17.3. The molecule has 0 aliphatic heterocycles. The first kappa shape index (κ1) is 18.6. The van der Waals surface area contributed by atoms with Crippen LogP contribution in [0, 0.1) is 19.3 Å². The molecule has 138 valence electrons. The number of nitrogens with one attached hydrogen (secondary N) is 2. The van der Waals surface area contributed by atoms with Crippen molar-refractivity contribution >= 4 is 34.8 Å². The molecule has 0 bridgehead atoms. The van der Waals surface area contributed by atoms with Crippen LogP contribution in [0.15, 0.2) is 59.6 Å². The second-order valence-corrected chi connectivity index (χ2v) is 7.18. The highest BCUT2D eigenvalue weighted by molar-refractivity contribution is 7.07. The van der Waals surface area contributed by atoms with Gasteiger partial charge in [0.2, 0.25) is 5.96 Å². The van der Waals surface area contributed by atoms with E-state index >= 15 is 0 Å². The lowest BCUT2D eigenvalue weighted by atomic mass is 10.2. The average molecular weight is 380 g/mol. The van der Waals surface area contributed by atoms with Crippen LogP contribution in [0.5, 0.6) is 0 Å². The summed E-state index contributed by atoms with van der Waals surface area (Å²) in [6.07, 6.45) is 0. The molecule has 7 heteroatoms. The predicted molar refractivity (Wildman–Crippen MR) is 108 cm³/mol. The van der Waals surface area contributed by atoms with E-state index in [1.807, 2.05) is 38.1 Å². The number of benzene rings is 2. The minimum Gasteiger partial charge on any atom is -0.465 e. The minimum absolute atomic E-state index is 0.349. The van der Waals surface area contributed by atoms with Crippen LogP contribution >= 0.6 is 11.5 Å². The summed E-state index contributed by atoms with van der Waals surface area (Å²) >= 11 is 1.44. The van der Waals surface area contributed by atoms with Crippen LogP contribution in [0.25, 0.3) is 0 Å². The SMILES string of the molecule is COC(=O)c1ccc(NC(=Nc2ccc(C)cc2)n2sc(C)cc2=N)cc1. The number of ether oxygens (including phenoxy) is 1. The maximum atomic E-state index is 11.6. The molecule has 27 heavy (non-hydrogen) atoms. The molecule has 3 rings (SSSR count). The highest BCUT2D eigenvalue weighted by atomic mass is 32.1. The molecular weight excluding hydrogens is 360 g/mol. The molecule has 0 aliphatic carbocycles. The van der Waals surface area contributed by atoms with E-state index in [0.29, 0.717) is 17.0 Å². The van der Waals surface area contributed by atoms with Crippen LogP contribution in [0.3, 0.4) is 0 Å². The monoisotopic (exact) mass is 380 g/mol. The Morgan fingerprint density at radius 3 is 2.33 bits per heavy atom. The summed E-state index contributed by atoms with van der Waals surface area (Å²) in [5, 5.41) is 11.4. The van der Waals surface area contributed by atoms with E-state index in [1.54, 1.807) is 34.3 Å². The molecule has 0 fully saturated rings. The molecule has 6 nitrogen and oxygen atoms in total. The van der Waals surface area contributed by atoms with E-state index in [-0.39, 0.29) is 5.97 Å². The van der Waals surface area contributed by atoms with Crippen LogP contribution in [0.1, 0.15) is 20.8 Å². The summed E-state index contributed by atoms with van der Waals surface area (Å²) in [5.41, 5.74) is 3.52. The molecule has 0 spiro atoms. The van der Waals surface area contributed by atoms with Gasteiger partial charge in [-0.15, -0.1) is 0 Å². The molecule has 1 aromatic heterocycles. The van der Waals surface area contributed by atoms with Crippen molar-refractivity contribution < 1.29 is 9.53 Å². The van der Waals surface area contributed by atoms with Gasteiger partial charge in [-0.2, -0.15) is 0 Å². The van der Waals surface area contributed by atoms with Crippen LogP contribution in [0.2, 0.25) is 0 Å². The van der Waals surface area contributed by atoms with Gasteiger partial charge in [-0.3, -0.25) is 5.41 Å². The Hall–Kier alpha value is -3.19. The summed E-state index contributed by atoms with van der Waals surface area (Å²) in [7, 11) is 1.35. The fraction of sp³-hybridized carbons (Fsp3) is 0.150. The van der Waals surface area contributed by atoms with Gasteiger partial charge in [-0.1, -0.05) is 29.2 Å². The number of aliphatic imine (C=N–C) groups is 1. The lowest BCUT2D eigenvalue weighted by molar-refractivity contribution is 0.0601. The van der Waals surface area contributed by atoms with Crippen molar-refractivity contribution in [3.63, 3.8) is 0 Å². The van der Waals surface area contributed by atoms with Crippen molar-refractivity contribution in [1.29, 1.82) is 5.41 Å². The quantitative estimate of drug-likeness (QED) is 0.408. The molecule has 2 N–H and O–H groups in total. The van der Waals surface area contributed by atoms with Gasteiger partial charge in [0.15, 0.2) is 0 Å². The van der Waals surface area contributed by atoms with Crippen molar-refractivity contribution in [3.05, 3.63) is 76.1 Å². The first-order valence-electron chi connectivity index (χ1n) is 8.32. The van der Waals surface area contributed by atoms with E-state index < -0.39 is 0 Å². The Labute approximate surface area is 161 Å². The number of carbonyl (C=O) groups is 1. The summed E-state index contributed by atoms with van der Waals surface area (Å²) in [6, 6.07) is 16.6. The van der Waals surface area contributed by atoms with Gasteiger partial charge in [0.05, 0.1) is 18.4 Å². The number of hydrogen-bond donors (Lipinski definition) is 2. The molecule has 0 unspecified atom stereocenters. The van der Waals surface area contributed by atoms with Crippen LogP contribution in [0.4, 0.5) is 11.4 Å². The van der Waals surface area contributed by atoms with Gasteiger partial charge in [0.25, 0.3) is 0 Å². The highest BCUT2D eigenvalue weighted by Gasteiger charge is 2.10. The predicted octanol–water partition coefficient (Wildman–Crippen LogP) is 4.08. The molecular formula is C20H20N4O2S. The summed E-state index contributed by atoms with van der Waals surface area (Å²) in [5.74, 6) is 0.138. The number of carbonyl (C=O) groups excluding carboxylic acids is 1. The van der Waals surface area contributed by atoms with Crippen molar-refractivity contribution in [1.82, 2.24) is 3.96 Å². The van der Waals surface area contributed by atoms with E-state index in [2.05, 4.69) is 10.3 Å². The minimum atomic E-state index is -0.383. The summed E-state index contributed by atoms with van der Waals surface area (Å²) in [6.45, 7) is 3.97. The zero-order valence-electron chi connectivity index (χ0n) is 15.3. The normalized spacial score (nSPS) is 11.3. The number of rotatable bonds is 3. The highest BCUT2D eigenvalue weighted by Crippen LogP contribution is 2.16. The Morgan fingerprint density at radius 2 is 1.78 bits per heavy atom. The Balaban J connectivity index is 1.97. The fourth-order valence-electron chi connectivity index (χ4n) is 2.43. The zero-order valence-corrected chi connectivity index (χ0v) is 16.1. The van der Waals surface area contributed by atoms with Crippen molar-refractivity contribution in [2.24, 2.45) is 4.99 Å². The largest absolute Gasteiger partial charge is 0.465 e. The van der Waals surface area contributed by atoms with E-state index in [0.717, 1.165) is 21.8 Å². The first-order chi connectivity index (χ1) is 13.0. The second kappa shape index (κ2) is 8.01. The molecule has 0 amide bonds. The number of anilines is 1. The van der Waals surface area contributed by atoms with E-state index in [1.165, 1.54) is 18.6 Å². The molecule has 0 aliphatic rings. The number of aromatic nitrogens is 1. The molecule has 0 radical (unpaired) electrons. The van der Waals surface area contributed by atoms with Crippen LogP contribution in [-0.2, 0) is 4.74 Å². The lowest BCUT2D eigenvalue weighted by Crippen LogP contribution is -2.28. The van der Waals surface area contributed by atoms with Gasteiger partial charge in [-0.05, 0) is 56.3 Å². The van der Waals surface area contributed by atoms with E-state index in [9.17, 15) is 4.79 Å². The van der Waals surface area contributed by atoms with Crippen molar-refractivity contribution in [2.75, 3.05) is 12.4 Å². The lowest BCUT2D eigenvalue weighted by Gasteiger charge is -2.11. The third-order valence-electron chi connectivity index (χ3n) is 3.82. The van der Waals surface area contributed by atoms with Crippen molar-refractivity contribution in [3.8, 4) is 0 Å². The van der Waals surface area contributed by atoms with Gasteiger partial charge in [0.1, 0.15) is 5.49 Å². The molecule has 0 atom stereocenters. The summed E-state index contributed by atoms with van der Waals surface area (Å²) < 4.78 is 6.45. The fourth-order valence-corrected chi connectivity index (χ4v) is 3.21. The Morgan fingerprint density at radius 1 is 1.11 bits per heavy atom. The maximum Gasteiger partial charge on any atom is 0.337 e. The van der Waals surface area contributed by atoms with E-state index in [4.69, 9.17) is 10.1 Å². The Kier molecular flexibility index (Phi) is 5.52. The maximum absolute atomic E-state index is 11.6. The third kappa shape index (κ3) is 4.51. The topological polar surface area (TPSA) is 79.5 Å². The van der Waals surface area contributed by atoms with Gasteiger partial charge >= 0.3 is 5.97 Å². The van der Waals surface area contributed by atoms with Gasteiger partial charge < -0.3 is 10.1 Å². The zero-order chi connectivity index (χ0) is 19.4.